The minimum atomic E-state index is -0.736. The average Bonchev–Trinajstić information content (AvgIpc) is 2.60. The quantitative estimate of drug-likeness (QED) is 0.670. The number of amides is 4. The summed E-state index contributed by atoms with van der Waals surface area (Å²) >= 11 is 0. The summed E-state index contributed by atoms with van der Waals surface area (Å²) in [7, 11) is 0. The van der Waals surface area contributed by atoms with E-state index in [2.05, 4.69) is 10.6 Å². The molecule has 1 rings (SSSR count). The smallest absolute Gasteiger partial charge is 0.312 e. The van der Waals surface area contributed by atoms with Gasteiger partial charge in [0.2, 0.25) is 5.91 Å². The van der Waals surface area contributed by atoms with Crippen LogP contribution in [-0.2, 0) is 4.79 Å². The zero-order chi connectivity index (χ0) is 19.0. The molecule has 1 aromatic rings. The molecule has 0 heterocycles. The van der Waals surface area contributed by atoms with Gasteiger partial charge in [0.05, 0.1) is 0 Å². The molecule has 0 spiro atoms. The number of carbonyl (C=O) groups excluding carboxylic acids is 3. The van der Waals surface area contributed by atoms with Crippen LogP contribution < -0.4 is 16.4 Å². The highest BCUT2D eigenvalue weighted by molar-refractivity contribution is 5.98. The highest BCUT2D eigenvalue weighted by Crippen LogP contribution is 2.14. The van der Waals surface area contributed by atoms with E-state index in [-0.39, 0.29) is 17.7 Å². The molecular weight excluding hydrogens is 320 g/mol. The molecule has 0 saturated carbocycles. The van der Waals surface area contributed by atoms with E-state index in [1.807, 2.05) is 27.7 Å². The lowest BCUT2D eigenvalue weighted by Crippen LogP contribution is -2.49. The van der Waals surface area contributed by atoms with Gasteiger partial charge in [0.25, 0.3) is 5.91 Å². The molecule has 7 nitrogen and oxygen atoms in total. The number of primary amides is 1. The molecule has 4 N–H and O–H groups in total. The van der Waals surface area contributed by atoms with Crippen LogP contribution in [0.15, 0.2) is 24.3 Å². The van der Waals surface area contributed by atoms with Crippen molar-refractivity contribution >= 4 is 23.5 Å². The van der Waals surface area contributed by atoms with E-state index < -0.39 is 12.1 Å². The van der Waals surface area contributed by atoms with E-state index in [0.717, 1.165) is 6.42 Å². The second kappa shape index (κ2) is 9.66. The lowest BCUT2D eigenvalue weighted by molar-refractivity contribution is -0.119. The van der Waals surface area contributed by atoms with Crippen LogP contribution >= 0.6 is 0 Å². The van der Waals surface area contributed by atoms with Crippen LogP contribution in [0.4, 0.5) is 10.5 Å². The number of urea groups is 1. The Hall–Kier alpha value is -2.57. The lowest BCUT2D eigenvalue weighted by Gasteiger charge is -2.22. The van der Waals surface area contributed by atoms with E-state index in [1.54, 1.807) is 29.2 Å². The maximum Gasteiger partial charge on any atom is 0.312 e. The van der Waals surface area contributed by atoms with Crippen molar-refractivity contribution in [3.63, 3.8) is 0 Å². The number of benzene rings is 1. The van der Waals surface area contributed by atoms with Crippen molar-refractivity contribution in [1.29, 1.82) is 0 Å². The van der Waals surface area contributed by atoms with Gasteiger partial charge in [0.15, 0.2) is 0 Å². The summed E-state index contributed by atoms with van der Waals surface area (Å²) < 4.78 is 0. The number of rotatable bonds is 8. The van der Waals surface area contributed by atoms with Crippen molar-refractivity contribution < 1.29 is 14.4 Å². The van der Waals surface area contributed by atoms with Gasteiger partial charge in [-0.05, 0) is 44.0 Å². The molecule has 2 atom stereocenters. The van der Waals surface area contributed by atoms with Gasteiger partial charge in [-0.1, -0.05) is 20.3 Å². The average molecular weight is 348 g/mol. The minimum Gasteiger partial charge on any atom is -0.352 e. The fraction of sp³-hybridized carbons (Fsp3) is 0.500. The van der Waals surface area contributed by atoms with Crippen LogP contribution in [0.5, 0.6) is 0 Å². The summed E-state index contributed by atoms with van der Waals surface area (Å²) in [4.78, 5) is 37.5. The predicted octanol–water partition coefficient (Wildman–Crippen LogP) is 2.19. The number of carbonyl (C=O) groups is 3. The van der Waals surface area contributed by atoms with Gasteiger partial charge < -0.3 is 21.3 Å². The number of nitrogens with two attached hydrogens (primary N) is 1. The first kappa shape index (κ1) is 20.5. The molecule has 0 unspecified atom stereocenters. The monoisotopic (exact) mass is 348 g/mol. The van der Waals surface area contributed by atoms with Crippen LogP contribution in [0.25, 0.3) is 0 Å². The largest absolute Gasteiger partial charge is 0.352 e. The first-order valence-corrected chi connectivity index (χ1v) is 8.60. The molecule has 1 aromatic carbocycles. The molecule has 7 heteroatoms. The Morgan fingerprint density at radius 3 is 2.08 bits per heavy atom. The van der Waals surface area contributed by atoms with Gasteiger partial charge in [-0.15, -0.1) is 0 Å². The van der Waals surface area contributed by atoms with Crippen molar-refractivity contribution in [3.8, 4) is 0 Å². The fourth-order valence-electron chi connectivity index (χ4n) is 2.46. The van der Waals surface area contributed by atoms with Crippen molar-refractivity contribution in [2.45, 2.75) is 40.2 Å². The molecule has 0 aliphatic rings. The Labute approximate surface area is 148 Å². The van der Waals surface area contributed by atoms with Crippen molar-refractivity contribution in [1.82, 2.24) is 10.2 Å². The predicted molar refractivity (Wildman–Crippen MR) is 98.3 cm³/mol. The molecule has 0 saturated heterocycles. The molecule has 0 aliphatic carbocycles. The van der Waals surface area contributed by atoms with Gasteiger partial charge in [-0.2, -0.15) is 0 Å². The lowest BCUT2D eigenvalue weighted by atomic mass is 9.98. The van der Waals surface area contributed by atoms with Gasteiger partial charge in [0.1, 0.15) is 6.04 Å². The standard InChI is InChI=1S/C18H28N4O3/c1-5-12(4)15(21-18(19)25)16(23)20-14-10-8-13(9-11-14)17(24)22(6-2)7-3/h8-12,15H,5-7H2,1-4H3,(H,20,23)(H3,19,21,25)/t12-,15+/m0/s1. The Bertz CT molecular complexity index is 597. The van der Waals surface area contributed by atoms with Gasteiger partial charge in [-0.25, -0.2) is 4.79 Å². The molecule has 0 radical (unpaired) electrons. The van der Waals surface area contributed by atoms with Crippen molar-refractivity contribution in [2.75, 3.05) is 18.4 Å². The maximum absolute atomic E-state index is 12.4. The van der Waals surface area contributed by atoms with E-state index >= 15 is 0 Å². The molecular formula is C18H28N4O3. The number of hydrogen-bond donors (Lipinski definition) is 3. The van der Waals surface area contributed by atoms with E-state index in [4.69, 9.17) is 5.73 Å². The Kier molecular flexibility index (Phi) is 7.91. The number of anilines is 1. The third kappa shape index (κ3) is 5.77. The highest BCUT2D eigenvalue weighted by Gasteiger charge is 2.25. The summed E-state index contributed by atoms with van der Waals surface area (Å²) in [5.74, 6) is -0.442. The van der Waals surface area contributed by atoms with E-state index in [9.17, 15) is 14.4 Å². The molecule has 0 aliphatic heterocycles. The van der Waals surface area contributed by atoms with E-state index in [0.29, 0.717) is 24.3 Å². The van der Waals surface area contributed by atoms with E-state index in [1.165, 1.54) is 0 Å². The van der Waals surface area contributed by atoms with Crippen LogP contribution in [-0.4, -0.2) is 41.9 Å². The minimum absolute atomic E-state index is 0.0456. The second-order valence-electron chi connectivity index (χ2n) is 5.92. The summed E-state index contributed by atoms with van der Waals surface area (Å²) in [5, 5.41) is 5.23. The third-order valence-corrected chi connectivity index (χ3v) is 4.24. The fourth-order valence-corrected chi connectivity index (χ4v) is 2.46. The van der Waals surface area contributed by atoms with Crippen LogP contribution in [0.1, 0.15) is 44.5 Å². The molecule has 4 amide bonds. The van der Waals surface area contributed by atoms with Crippen LogP contribution in [0.2, 0.25) is 0 Å². The van der Waals surface area contributed by atoms with Crippen LogP contribution in [0.3, 0.4) is 0 Å². The summed E-state index contributed by atoms with van der Waals surface area (Å²) in [5.41, 5.74) is 6.27. The SMILES string of the molecule is CC[C@H](C)[C@@H](NC(N)=O)C(=O)Nc1ccc(C(=O)N(CC)CC)cc1. The highest BCUT2D eigenvalue weighted by atomic mass is 16.2. The normalized spacial score (nSPS) is 12.8. The third-order valence-electron chi connectivity index (χ3n) is 4.24. The Balaban J connectivity index is 2.83. The molecule has 25 heavy (non-hydrogen) atoms. The molecule has 0 bridgehead atoms. The zero-order valence-corrected chi connectivity index (χ0v) is 15.3. The number of nitrogens with zero attached hydrogens (tertiary/aromatic N) is 1. The first-order valence-electron chi connectivity index (χ1n) is 8.60. The summed E-state index contributed by atoms with van der Waals surface area (Å²) in [6.07, 6.45) is 0.718. The molecule has 0 aromatic heterocycles. The Morgan fingerprint density at radius 2 is 1.64 bits per heavy atom. The second-order valence-corrected chi connectivity index (χ2v) is 5.92. The number of hydrogen-bond acceptors (Lipinski definition) is 3. The Morgan fingerprint density at radius 1 is 1.08 bits per heavy atom. The summed E-state index contributed by atoms with van der Waals surface area (Å²) in [6, 6.07) is 5.26. The van der Waals surface area contributed by atoms with Gasteiger partial charge in [-0.3, -0.25) is 9.59 Å². The van der Waals surface area contributed by atoms with Crippen LogP contribution in [0, 0.1) is 5.92 Å². The zero-order valence-electron chi connectivity index (χ0n) is 15.3. The van der Waals surface area contributed by atoms with Crippen molar-refractivity contribution in [3.05, 3.63) is 29.8 Å². The van der Waals surface area contributed by atoms with Crippen molar-refractivity contribution in [2.24, 2.45) is 11.7 Å². The van der Waals surface area contributed by atoms with Gasteiger partial charge >= 0.3 is 6.03 Å². The molecule has 0 fully saturated rings. The maximum atomic E-state index is 12.4. The van der Waals surface area contributed by atoms with Gasteiger partial charge in [0, 0.05) is 24.3 Å². The topological polar surface area (TPSA) is 105 Å². The summed E-state index contributed by atoms with van der Waals surface area (Å²) in [6.45, 7) is 8.94. The first-order chi connectivity index (χ1) is 11.8. The molecule has 138 valence electrons. The number of nitrogens with one attached hydrogen (secondary N) is 2.